The van der Waals surface area contributed by atoms with Crippen molar-refractivity contribution >= 4 is 28.3 Å². The van der Waals surface area contributed by atoms with Crippen molar-refractivity contribution in [2.75, 3.05) is 0 Å². The van der Waals surface area contributed by atoms with Crippen LogP contribution < -0.4 is 5.43 Å². The van der Waals surface area contributed by atoms with E-state index in [9.17, 15) is 18.0 Å². The van der Waals surface area contributed by atoms with Crippen molar-refractivity contribution in [3.05, 3.63) is 47.0 Å². The van der Waals surface area contributed by atoms with Crippen LogP contribution in [0.4, 0.5) is 13.2 Å². The van der Waals surface area contributed by atoms with E-state index in [1.54, 1.807) is 38.1 Å². The molecule has 0 bridgehead atoms. The molecule has 2 aromatic carbocycles. The number of amides is 1. The summed E-state index contributed by atoms with van der Waals surface area (Å²) in [6.07, 6.45) is -4.53. The standard InChI is InChI=1S/C17H16ClF3N2O/c1-16(2)9-14(24)22-23(16)15(17(19,20)21)11-4-3-10-5-6-13(18)8-12(10)7-11/h3-8,15H,9H2,1-2H3,(H,22,24)/t15-/m0/s1. The SMILES string of the molecule is CC1(C)CC(=O)NN1[C@@H](c1ccc2ccc(Cl)cc2c1)C(F)(F)F. The molecule has 3 rings (SSSR count). The molecule has 0 aliphatic carbocycles. The van der Waals surface area contributed by atoms with Gasteiger partial charge in [-0.3, -0.25) is 10.2 Å². The zero-order chi connectivity index (χ0) is 17.7. The highest BCUT2D eigenvalue weighted by molar-refractivity contribution is 6.31. The summed E-state index contributed by atoms with van der Waals surface area (Å²) in [7, 11) is 0. The van der Waals surface area contributed by atoms with E-state index in [2.05, 4.69) is 5.43 Å². The van der Waals surface area contributed by atoms with Crippen molar-refractivity contribution in [3.63, 3.8) is 0 Å². The lowest BCUT2D eigenvalue weighted by atomic mass is 9.95. The van der Waals surface area contributed by atoms with Gasteiger partial charge in [0.1, 0.15) is 0 Å². The zero-order valence-corrected chi connectivity index (χ0v) is 13.9. The molecule has 1 aliphatic heterocycles. The first-order valence-corrected chi connectivity index (χ1v) is 7.80. The molecule has 7 heteroatoms. The van der Waals surface area contributed by atoms with Crippen molar-refractivity contribution in [1.82, 2.24) is 10.4 Å². The van der Waals surface area contributed by atoms with Gasteiger partial charge in [0, 0.05) is 17.0 Å². The average Bonchev–Trinajstić information content (AvgIpc) is 2.70. The van der Waals surface area contributed by atoms with Gasteiger partial charge < -0.3 is 0 Å². The number of hydrogen-bond acceptors (Lipinski definition) is 2. The first-order valence-electron chi connectivity index (χ1n) is 7.43. The average molecular weight is 357 g/mol. The van der Waals surface area contributed by atoms with E-state index in [-0.39, 0.29) is 12.0 Å². The van der Waals surface area contributed by atoms with Gasteiger partial charge in [0.05, 0.1) is 0 Å². The number of carbonyl (C=O) groups excluding carboxylic acids is 1. The monoisotopic (exact) mass is 356 g/mol. The Bertz CT molecular complexity index is 804. The van der Waals surface area contributed by atoms with Gasteiger partial charge in [-0.05, 0) is 48.4 Å². The number of halogens is 4. The maximum atomic E-state index is 13.8. The highest BCUT2D eigenvalue weighted by Gasteiger charge is 2.52. The molecular weight excluding hydrogens is 341 g/mol. The lowest BCUT2D eigenvalue weighted by Gasteiger charge is -2.38. The molecule has 0 spiro atoms. The van der Waals surface area contributed by atoms with E-state index in [0.29, 0.717) is 10.4 Å². The number of fused-ring (bicyclic) bond motifs is 1. The molecule has 0 radical (unpaired) electrons. The van der Waals surface area contributed by atoms with Crippen molar-refractivity contribution in [1.29, 1.82) is 0 Å². The van der Waals surface area contributed by atoms with Gasteiger partial charge in [-0.25, -0.2) is 0 Å². The lowest BCUT2D eigenvalue weighted by Crippen LogP contribution is -2.51. The fourth-order valence-electron chi connectivity index (χ4n) is 3.11. The van der Waals surface area contributed by atoms with Crippen molar-refractivity contribution in [2.45, 2.75) is 38.0 Å². The van der Waals surface area contributed by atoms with E-state index in [0.717, 1.165) is 10.4 Å². The summed E-state index contributed by atoms with van der Waals surface area (Å²) in [5, 5.41) is 2.88. The number of rotatable bonds is 2. The number of benzene rings is 2. The van der Waals surface area contributed by atoms with Gasteiger partial charge in [0.15, 0.2) is 6.04 Å². The Labute approximate surface area is 142 Å². The second-order valence-electron chi connectivity index (χ2n) is 6.59. The Hall–Kier alpha value is -1.79. The van der Waals surface area contributed by atoms with Crippen LogP contribution in [0.3, 0.4) is 0 Å². The molecule has 24 heavy (non-hydrogen) atoms. The van der Waals surface area contributed by atoms with Crippen LogP contribution >= 0.6 is 11.6 Å². The van der Waals surface area contributed by atoms with Crippen LogP contribution in [0.15, 0.2) is 36.4 Å². The minimum Gasteiger partial charge on any atom is -0.287 e. The number of hydrogen-bond donors (Lipinski definition) is 1. The second-order valence-corrected chi connectivity index (χ2v) is 7.03. The maximum Gasteiger partial charge on any atom is 0.409 e. The van der Waals surface area contributed by atoms with E-state index in [1.165, 1.54) is 12.1 Å². The van der Waals surface area contributed by atoms with E-state index in [1.807, 2.05) is 0 Å². The topological polar surface area (TPSA) is 32.3 Å². The number of alkyl halides is 3. The molecule has 3 nitrogen and oxygen atoms in total. The molecule has 1 atom stereocenters. The predicted octanol–water partition coefficient (Wildman–Crippen LogP) is 4.61. The van der Waals surface area contributed by atoms with Gasteiger partial charge in [-0.1, -0.05) is 29.8 Å². The summed E-state index contributed by atoms with van der Waals surface area (Å²) in [4.78, 5) is 11.7. The minimum absolute atomic E-state index is 0.0129. The highest BCUT2D eigenvalue weighted by atomic mass is 35.5. The molecule has 1 fully saturated rings. The number of carbonyl (C=O) groups is 1. The minimum atomic E-state index is -4.54. The number of hydrazine groups is 1. The summed E-state index contributed by atoms with van der Waals surface area (Å²) < 4.78 is 41.4. The molecule has 0 saturated carbocycles. The van der Waals surface area contributed by atoms with Crippen LogP contribution in [0, 0.1) is 0 Å². The normalized spacial score (nSPS) is 19.5. The second kappa shape index (κ2) is 5.63. The van der Waals surface area contributed by atoms with Crippen LogP contribution in [0.2, 0.25) is 5.02 Å². The van der Waals surface area contributed by atoms with Crippen LogP contribution in [-0.4, -0.2) is 22.6 Å². The molecule has 0 aromatic heterocycles. The molecule has 1 heterocycles. The summed E-state index contributed by atoms with van der Waals surface area (Å²) >= 11 is 5.94. The van der Waals surface area contributed by atoms with Gasteiger partial charge >= 0.3 is 6.18 Å². The summed E-state index contributed by atoms with van der Waals surface area (Å²) in [5.41, 5.74) is 1.48. The Kier molecular flexibility index (Phi) is 4.00. The summed E-state index contributed by atoms with van der Waals surface area (Å²) in [6, 6.07) is 7.68. The van der Waals surface area contributed by atoms with Gasteiger partial charge in [-0.2, -0.15) is 18.2 Å². The third-order valence-electron chi connectivity index (χ3n) is 4.20. The van der Waals surface area contributed by atoms with Crippen molar-refractivity contribution < 1.29 is 18.0 Å². The molecule has 1 N–H and O–H groups in total. The highest BCUT2D eigenvalue weighted by Crippen LogP contribution is 2.43. The maximum absolute atomic E-state index is 13.8. The van der Waals surface area contributed by atoms with Crippen LogP contribution in [0.5, 0.6) is 0 Å². The fraction of sp³-hybridized carbons (Fsp3) is 0.353. The van der Waals surface area contributed by atoms with Gasteiger partial charge in [-0.15, -0.1) is 0 Å². The molecule has 2 aromatic rings. The Morgan fingerprint density at radius 3 is 2.42 bits per heavy atom. The van der Waals surface area contributed by atoms with Crippen LogP contribution in [0.25, 0.3) is 10.8 Å². The van der Waals surface area contributed by atoms with E-state index >= 15 is 0 Å². The third-order valence-corrected chi connectivity index (χ3v) is 4.44. The first-order chi connectivity index (χ1) is 11.1. The summed E-state index contributed by atoms with van der Waals surface area (Å²) in [5.74, 6) is -0.418. The molecular formula is C17H16ClF3N2O. The fourth-order valence-corrected chi connectivity index (χ4v) is 3.29. The van der Waals surface area contributed by atoms with E-state index in [4.69, 9.17) is 11.6 Å². The van der Waals surface area contributed by atoms with E-state index < -0.39 is 23.7 Å². The predicted molar refractivity (Wildman–Crippen MR) is 86.4 cm³/mol. The van der Waals surface area contributed by atoms with Crippen LogP contribution in [-0.2, 0) is 4.79 Å². The largest absolute Gasteiger partial charge is 0.409 e. The summed E-state index contributed by atoms with van der Waals surface area (Å²) in [6.45, 7) is 3.23. The zero-order valence-electron chi connectivity index (χ0n) is 13.1. The molecule has 1 amide bonds. The lowest BCUT2D eigenvalue weighted by molar-refractivity contribution is -0.203. The number of nitrogens with one attached hydrogen (secondary N) is 1. The molecule has 128 valence electrons. The van der Waals surface area contributed by atoms with Gasteiger partial charge in [0.25, 0.3) is 0 Å². The quantitative estimate of drug-likeness (QED) is 0.852. The van der Waals surface area contributed by atoms with Gasteiger partial charge in [0.2, 0.25) is 5.91 Å². The first kappa shape index (κ1) is 17.0. The Morgan fingerprint density at radius 2 is 1.83 bits per heavy atom. The smallest absolute Gasteiger partial charge is 0.287 e. The van der Waals surface area contributed by atoms with Crippen molar-refractivity contribution in [2.24, 2.45) is 0 Å². The molecule has 1 aliphatic rings. The molecule has 1 saturated heterocycles. The van der Waals surface area contributed by atoms with Crippen molar-refractivity contribution in [3.8, 4) is 0 Å². The van der Waals surface area contributed by atoms with Crippen LogP contribution in [0.1, 0.15) is 31.9 Å². The Morgan fingerprint density at radius 1 is 1.17 bits per heavy atom. The molecule has 0 unspecified atom stereocenters. The third kappa shape index (κ3) is 3.08. The Balaban J connectivity index is 2.12. The number of nitrogens with zero attached hydrogens (tertiary/aromatic N) is 1.